The van der Waals surface area contributed by atoms with Crippen LogP contribution < -0.4 is 10.6 Å². The van der Waals surface area contributed by atoms with Crippen LogP contribution in [-0.2, 0) is 27.0 Å². The number of aromatic amines is 1. The molecule has 5 rings (SSSR count). The molecular weight excluding hydrogens is 534 g/mol. The predicted octanol–water partition coefficient (Wildman–Crippen LogP) is 5.67. The highest BCUT2D eigenvalue weighted by Gasteiger charge is 2.41. The maximum atomic E-state index is 14.1. The SMILES string of the molecule is C[C@](CNC(=O)OCc1ccc([N+](=O)[O-])cc1)(C(=O)NCC1(c2ccccn2)CCCCC1)c1c[nH]c2ccccc12. The number of pyridine rings is 1. The molecule has 0 radical (unpaired) electrons. The zero-order valence-electron chi connectivity index (χ0n) is 23.6. The van der Waals surface area contributed by atoms with Gasteiger partial charge in [0.1, 0.15) is 6.61 Å². The quantitative estimate of drug-likeness (QED) is 0.166. The summed E-state index contributed by atoms with van der Waals surface area (Å²) >= 11 is 0. The minimum atomic E-state index is -1.12. The first-order chi connectivity index (χ1) is 20.3. The normalized spacial score (nSPS) is 15.8. The van der Waals surface area contributed by atoms with Crippen molar-refractivity contribution in [3.63, 3.8) is 0 Å². The number of fused-ring (bicyclic) bond motifs is 1. The Labute approximate surface area is 244 Å². The molecule has 218 valence electrons. The van der Waals surface area contributed by atoms with Crippen LogP contribution >= 0.6 is 0 Å². The number of rotatable bonds is 10. The number of nitro groups is 1. The fourth-order valence-electron chi connectivity index (χ4n) is 5.86. The topological polar surface area (TPSA) is 139 Å². The maximum Gasteiger partial charge on any atom is 0.407 e. The van der Waals surface area contributed by atoms with Gasteiger partial charge in [-0.05, 0) is 61.2 Å². The van der Waals surface area contributed by atoms with E-state index < -0.39 is 16.4 Å². The van der Waals surface area contributed by atoms with Gasteiger partial charge >= 0.3 is 6.09 Å². The van der Waals surface area contributed by atoms with Gasteiger partial charge in [0.05, 0.1) is 10.3 Å². The summed E-state index contributed by atoms with van der Waals surface area (Å²) < 4.78 is 5.37. The number of amides is 2. The lowest BCUT2D eigenvalue weighted by Crippen LogP contribution is -2.53. The standard InChI is InChI=1S/C32H35N5O5/c1-31(26-19-34-27-10-4-3-9-25(26)27,21-36-30(39)42-20-23-12-14-24(15-13-23)37(40)41)29(38)35-22-32(16-6-2-7-17-32)28-11-5-8-18-33-28/h3-5,8-15,18-19,34H,2,6-7,16-17,20-22H2,1H3,(H,35,38)(H,36,39)/t31-/m1/s1. The number of para-hydroxylation sites is 1. The Morgan fingerprint density at radius 3 is 2.48 bits per heavy atom. The average molecular weight is 570 g/mol. The fourth-order valence-corrected chi connectivity index (χ4v) is 5.86. The fraction of sp³-hybridized carbons (Fsp3) is 0.344. The highest BCUT2D eigenvalue weighted by molar-refractivity contribution is 5.95. The molecule has 1 fully saturated rings. The highest BCUT2D eigenvalue weighted by atomic mass is 16.6. The second-order valence-electron chi connectivity index (χ2n) is 11.2. The molecule has 2 aromatic heterocycles. The largest absolute Gasteiger partial charge is 0.445 e. The number of aromatic nitrogens is 2. The van der Waals surface area contributed by atoms with E-state index in [0.29, 0.717) is 12.1 Å². The molecule has 0 spiro atoms. The summed E-state index contributed by atoms with van der Waals surface area (Å²) in [5.74, 6) is -0.205. The second kappa shape index (κ2) is 12.4. The van der Waals surface area contributed by atoms with Crippen molar-refractivity contribution in [2.45, 2.75) is 56.5 Å². The van der Waals surface area contributed by atoms with Crippen molar-refractivity contribution in [3.8, 4) is 0 Å². The van der Waals surface area contributed by atoms with Gasteiger partial charge in [0, 0.05) is 59.6 Å². The molecule has 2 heterocycles. The molecule has 3 N–H and O–H groups in total. The van der Waals surface area contributed by atoms with E-state index in [0.717, 1.165) is 47.8 Å². The van der Waals surface area contributed by atoms with Crippen molar-refractivity contribution in [2.75, 3.05) is 13.1 Å². The number of nitrogens with one attached hydrogen (secondary N) is 3. The second-order valence-corrected chi connectivity index (χ2v) is 11.2. The monoisotopic (exact) mass is 569 g/mol. The number of ether oxygens (including phenoxy) is 1. The minimum absolute atomic E-state index is 0.00361. The summed E-state index contributed by atoms with van der Waals surface area (Å²) in [6.07, 6.45) is 8.15. The van der Waals surface area contributed by atoms with Crippen molar-refractivity contribution in [1.82, 2.24) is 20.6 Å². The zero-order valence-corrected chi connectivity index (χ0v) is 23.6. The van der Waals surface area contributed by atoms with Crippen LogP contribution in [0.15, 0.2) is 79.1 Å². The van der Waals surface area contributed by atoms with E-state index in [1.165, 1.54) is 30.7 Å². The van der Waals surface area contributed by atoms with Gasteiger partial charge in [0.2, 0.25) is 5.91 Å². The number of alkyl carbamates (subject to hydrolysis) is 1. The predicted molar refractivity (Wildman–Crippen MR) is 159 cm³/mol. The van der Waals surface area contributed by atoms with Crippen LogP contribution in [0.5, 0.6) is 0 Å². The Kier molecular flexibility index (Phi) is 8.51. The summed E-state index contributed by atoms with van der Waals surface area (Å²) in [6, 6.07) is 19.5. The third-order valence-electron chi connectivity index (χ3n) is 8.39. The number of carbonyl (C=O) groups excluding carboxylic acids is 2. The van der Waals surface area contributed by atoms with Gasteiger partial charge in [-0.25, -0.2) is 4.79 Å². The molecule has 0 saturated heterocycles. The molecule has 2 aromatic carbocycles. The van der Waals surface area contributed by atoms with Crippen LogP contribution in [0.3, 0.4) is 0 Å². The third-order valence-corrected chi connectivity index (χ3v) is 8.39. The Bertz CT molecular complexity index is 1550. The molecule has 42 heavy (non-hydrogen) atoms. The van der Waals surface area contributed by atoms with Crippen molar-refractivity contribution < 1.29 is 19.2 Å². The Balaban J connectivity index is 1.33. The van der Waals surface area contributed by atoms with E-state index in [1.807, 2.05) is 55.6 Å². The summed E-state index contributed by atoms with van der Waals surface area (Å²) in [5.41, 5.74) is 1.86. The number of H-pyrrole nitrogens is 1. The van der Waals surface area contributed by atoms with Crippen LogP contribution in [0.4, 0.5) is 10.5 Å². The first kappa shape index (κ1) is 28.8. The van der Waals surface area contributed by atoms with Crippen molar-refractivity contribution in [3.05, 3.63) is 106 Å². The molecule has 0 unspecified atom stereocenters. The summed E-state index contributed by atoms with van der Waals surface area (Å²) in [7, 11) is 0. The number of nitrogens with zero attached hydrogens (tertiary/aromatic N) is 2. The van der Waals surface area contributed by atoms with Crippen molar-refractivity contribution in [2.24, 2.45) is 0 Å². The Morgan fingerprint density at radius 2 is 1.76 bits per heavy atom. The molecule has 10 nitrogen and oxygen atoms in total. The number of non-ortho nitro benzene ring substituents is 1. The average Bonchev–Trinajstić information content (AvgIpc) is 3.47. The van der Waals surface area contributed by atoms with Crippen LogP contribution in [-0.4, -0.2) is 40.0 Å². The van der Waals surface area contributed by atoms with Gasteiger partial charge in [0.15, 0.2) is 0 Å². The number of hydrogen-bond acceptors (Lipinski definition) is 6. The molecule has 4 aromatic rings. The number of carbonyl (C=O) groups is 2. The molecule has 0 aliphatic heterocycles. The first-order valence-corrected chi connectivity index (χ1v) is 14.2. The van der Waals surface area contributed by atoms with Crippen LogP contribution in [0, 0.1) is 10.1 Å². The molecule has 2 amide bonds. The van der Waals surface area contributed by atoms with E-state index in [1.54, 1.807) is 6.20 Å². The number of nitro benzene ring substituents is 1. The molecule has 1 aliphatic carbocycles. The van der Waals surface area contributed by atoms with Gasteiger partial charge in [0.25, 0.3) is 5.69 Å². The molecular formula is C32H35N5O5. The van der Waals surface area contributed by atoms with Crippen LogP contribution in [0.1, 0.15) is 55.8 Å². The Hall–Kier alpha value is -4.73. The van der Waals surface area contributed by atoms with Crippen LogP contribution in [0.25, 0.3) is 10.9 Å². The molecule has 1 saturated carbocycles. The van der Waals surface area contributed by atoms with Gasteiger partial charge in [-0.1, -0.05) is 43.5 Å². The van der Waals surface area contributed by atoms with Crippen LogP contribution in [0.2, 0.25) is 0 Å². The summed E-state index contributed by atoms with van der Waals surface area (Å²) in [6.45, 7) is 2.21. The van der Waals surface area contributed by atoms with E-state index in [9.17, 15) is 19.7 Å². The van der Waals surface area contributed by atoms with Gasteiger partial charge in [-0.15, -0.1) is 0 Å². The van der Waals surface area contributed by atoms with E-state index in [-0.39, 0.29) is 30.2 Å². The van der Waals surface area contributed by atoms with Gasteiger partial charge < -0.3 is 20.4 Å². The van der Waals surface area contributed by atoms with Gasteiger partial charge in [-0.2, -0.15) is 0 Å². The summed E-state index contributed by atoms with van der Waals surface area (Å²) in [5, 5.41) is 17.8. The first-order valence-electron chi connectivity index (χ1n) is 14.2. The van der Waals surface area contributed by atoms with E-state index in [2.05, 4.69) is 20.6 Å². The zero-order chi connectivity index (χ0) is 29.6. The number of benzene rings is 2. The molecule has 1 aliphatic rings. The van der Waals surface area contributed by atoms with E-state index >= 15 is 0 Å². The lowest BCUT2D eigenvalue weighted by molar-refractivity contribution is -0.384. The Morgan fingerprint density at radius 1 is 1.02 bits per heavy atom. The summed E-state index contributed by atoms with van der Waals surface area (Å²) in [4.78, 5) is 45.2. The smallest absolute Gasteiger partial charge is 0.407 e. The molecule has 1 atom stereocenters. The lowest BCUT2D eigenvalue weighted by Gasteiger charge is -2.38. The maximum absolute atomic E-state index is 14.1. The van der Waals surface area contributed by atoms with Crippen molar-refractivity contribution >= 4 is 28.6 Å². The molecule has 0 bridgehead atoms. The third kappa shape index (κ3) is 6.12. The van der Waals surface area contributed by atoms with E-state index in [4.69, 9.17) is 4.74 Å². The minimum Gasteiger partial charge on any atom is -0.445 e. The molecule has 10 heteroatoms. The number of hydrogen-bond donors (Lipinski definition) is 3. The lowest BCUT2D eigenvalue weighted by atomic mass is 9.71. The van der Waals surface area contributed by atoms with Gasteiger partial charge in [-0.3, -0.25) is 19.9 Å². The van der Waals surface area contributed by atoms with Crippen molar-refractivity contribution in [1.29, 1.82) is 0 Å². The highest BCUT2D eigenvalue weighted by Crippen LogP contribution is 2.38.